The summed E-state index contributed by atoms with van der Waals surface area (Å²) in [5, 5.41) is 9.19. The number of aromatic nitrogens is 1. The van der Waals surface area contributed by atoms with Crippen LogP contribution in [-0.2, 0) is 11.3 Å². The Kier molecular flexibility index (Phi) is 3.66. The average Bonchev–Trinajstić information content (AvgIpc) is 2.86. The van der Waals surface area contributed by atoms with Crippen LogP contribution in [0.5, 0.6) is 0 Å². The van der Waals surface area contributed by atoms with Crippen LogP contribution >= 0.6 is 11.6 Å². The van der Waals surface area contributed by atoms with E-state index >= 15 is 0 Å². The maximum atomic E-state index is 11.7. The van der Waals surface area contributed by atoms with Gasteiger partial charge in [0, 0.05) is 16.8 Å². The van der Waals surface area contributed by atoms with Crippen LogP contribution in [0.15, 0.2) is 36.5 Å². The second-order valence-electron chi connectivity index (χ2n) is 3.58. The molecule has 90 valence electrons. The van der Waals surface area contributed by atoms with Crippen LogP contribution in [0.1, 0.15) is 21.6 Å². The van der Waals surface area contributed by atoms with Crippen molar-refractivity contribution in [2.75, 3.05) is 0 Å². The number of nitrogens with one attached hydrogen (secondary N) is 1. The van der Waals surface area contributed by atoms with Gasteiger partial charge in [-0.1, -0.05) is 29.8 Å². The molecule has 0 aliphatic heterocycles. The van der Waals surface area contributed by atoms with Gasteiger partial charge in [0.1, 0.15) is 18.4 Å². The fraction of sp³-hybridized carbons (Fsp3) is 0.0769. The monoisotopic (exact) mass is 260 g/mol. The van der Waals surface area contributed by atoms with Gasteiger partial charge in [-0.05, 0) is 12.1 Å². The second-order valence-corrected chi connectivity index (χ2v) is 3.99. The van der Waals surface area contributed by atoms with Crippen molar-refractivity contribution in [2.24, 2.45) is 0 Å². The first kappa shape index (κ1) is 12.2. The summed E-state index contributed by atoms with van der Waals surface area (Å²) in [6.45, 7) is 0.0966. The lowest BCUT2D eigenvalue weighted by atomic mass is 10.2. The summed E-state index contributed by atoms with van der Waals surface area (Å²) < 4.78 is 5.09. The molecule has 0 saturated carbocycles. The highest BCUT2D eigenvalue weighted by atomic mass is 35.5. The van der Waals surface area contributed by atoms with Crippen LogP contribution in [0.2, 0.25) is 5.02 Å². The Hall–Kier alpha value is -2.25. The van der Waals surface area contributed by atoms with Gasteiger partial charge in [0.05, 0.1) is 5.56 Å². The molecule has 0 fully saturated rings. The normalized spacial score (nSPS) is 9.78. The van der Waals surface area contributed by atoms with E-state index in [4.69, 9.17) is 21.6 Å². The van der Waals surface area contributed by atoms with Crippen LogP contribution in [0.25, 0.3) is 0 Å². The largest absolute Gasteiger partial charge is 0.456 e. The number of halogens is 1. The maximum absolute atomic E-state index is 11.7. The zero-order valence-electron chi connectivity index (χ0n) is 9.31. The SMILES string of the molecule is N#Cc1c[nH]c(C(=O)OCc2ccccc2Cl)c1. The first-order chi connectivity index (χ1) is 8.70. The molecule has 0 aliphatic rings. The quantitative estimate of drug-likeness (QED) is 0.863. The van der Waals surface area contributed by atoms with Crippen molar-refractivity contribution in [3.05, 3.63) is 58.4 Å². The van der Waals surface area contributed by atoms with Crippen molar-refractivity contribution in [2.45, 2.75) is 6.61 Å². The van der Waals surface area contributed by atoms with E-state index in [0.717, 1.165) is 5.56 Å². The summed E-state index contributed by atoms with van der Waals surface area (Å²) in [4.78, 5) is 14.3. The molecule has 2 aromatic rings. The zero-order chi connectivity index (χ0) is 13.0. The van der Waals surface area contributed by atoms with E-state index in [1.165, 1.54) is 12.3 Å². The van der Waals surface area contributed by atoms with Crippen molar-refractivity contribution in [1.82, 2.24) is 4.98 Å². The standard InChI is InChI=1S/C13H9ClN2O2/c14-11-4-2-1-3-10(11)8-18-13(17)12-5-9(6-15)7-16-12/h1-5,7,16H,8H2. The third-order valence-corrected chi connectivity index (χ3v) is 2.72. The molecule has 0 amide bonds. The number of nitriles is 1. The third-order valence-electron chi connectivity index (χ3n) is 2.35. The van der Waals surface area contributed by atoms with Crippen LogP contribution in [-0.4, -0.2) is 11.0 Å². The van der Waals surface area contributed by atoms with Gasteiger partial charge in [-0.25, -0.2) is 4.79 Å². The van der Waals surface area contributed by atoms with Crippen LogP contribution < -0.4 is 0 Å². The van der Waals surface area contributed by atoms with Crippen LogP contribution in [0, 0.1) is 11.3 Å². The molecule has 1 aromatic heterocycles. The van der Waals surface area contributed by atoms with Gasteiger partial charge >= 0.3 is 5.97 Å². The van der Waals surface area contributed by atoms with Crippen molar-refractivity contribution in [1.29, 1.82) is 5.26 Å². The molecule has 5 heteroatoms. The minimum atomic E-state index is -0.517. The molecule has 0 saturated heterocycles. The molecule has 2 rings (SSSR count). The van der Waals surface area contributed by atoms with E-state index in [9.17, 15) is 4.79 Å². The molecule has 1 N–H and O–H groups in total. The van der Waals surface area contributed by atoms with Gasteiger partial charge in [-0.3, -0.25) is 0 Å². The number of carbonyl (C=O) groups excluding carboxylic acids is 1. The van der Waals surface area contributed by atoms with E-state index < -0.39 is 5.97 Å². The van der Waals surface area contributed by atoms with Gasteiger partial charge in [0.2, 0.25) is 0 Å². The molecule has 0 atom stereocenters. The molecular weight excluding hydrogens is 252 g/mol. The Morgan fingerprint density at radius 2 is 2.22 bits per heavy atom. The van der Waals surface area contributed by atoms with E-state index in [2.05, 4.69) is 4.98 Å². The Bertz CT molecular complexity index is 613. The molecular formula is C13H9ClN2O2. The topological polar surface area (TPSA) is 65.9 Å². The molecule has 0 bridgehead atoms. The van der Waals surface area contributed by atoms with Crippen LogP contribution in [0.4, 0.5) is 0 Å². The average molecular weight is 261 g/mol. The number of ether oxygens (including phenoxy) is 1. The summed E-state index contributed by atoms with van der Waals surface area (Å²) in [6.07, 6.45) is 1.45. The van der Waals surface area contributed by atoms with Gasteiger partial charge in [0.15, 0.2) is 0 Å². The Morgan fingerprint density at radius 3 is 2.89 bits per heavy atom. The Balaban J connectivity index is 2.01. The van der Waals surface area contributed by atoms with Gasteiger partial charge in [0.25, 0.3) is 0 Å². The lowest BCUT2D eigenvalue weighted by molar-refractivity contribution is 0.0466. The predicted molar refractivity (Wildman–Crippen MR) is 66.1 cm³/mol. The Labute approximate surface area is 109 Å². The molecule has 1 aromatic carbocycles. The summed E-state index contributed by atoms with van der Waals surface area (Å²) >= 11 is 5.94. The number of rotatable bonds is 3. The number of aromatic amines is 1. The molecule has 4 nitrogen and oxygen atoms in total. The van der Waals surface area contributed by atoms with Crippen LogP contribution in [0.3, 0.4) is 0 Å². The molecule has 18 heavy (non-hydrogen) atoms. The highest BCUT2D eigenvalue weighted by Gasteiger charge is 2.10. The summed E-state index contributed by atoms with van der Waals surface area (Å²) in [6, 6.07) is 10.5. The Morgan fingerprint density at radius 1 is 1.44 bits per heavy atom. The number of esters is 1. The smallest absolute Gasteiger partial charge is 0.355 e. The summed E-state index contributed by atoms with van der Waals surface area (Å²) in [5.74, 6) is -0.517. The summed E-state index contributed by atoms with van der Waals surface area (Å²) in [5.41, 5.74) is 1.37. The number of H-pyrrole nitrogens is 1. The lowest BCUT2D eigenvalue weighted by Crippen LogP contribution is -2.05. The third kappa shape index (κ3) is 2.70. The fourth-order valence-electron chi connectivity index (χ4n) is 1.41. The highest BCUT2D eigenvalue weighted by Crippen LogP contribution is 2.16. The minimum absolute atomic E-state index is 0.0966. The second kappa shape index (κ2) is 5.39. The van der Waals surface area contributed by atoms with Crippen molar-refractivity contribution < 1.29 is 9.53 Å². The summed E-state index contributed by atoms with van der Waals surface area (Å²) in [7, 11) is 0. The first-order valence-electron chi connectivity index (χ1n) is 5.20. The first-order valence-corrected chi connectivity index (χ1v) is 5.57. The zero-order valence-corrected chi connectivity index (χ0v) is 10.1. The molecule has 1 heterocycles. The maximum Gasteiger partial charge on any atom is 0.355 e. The molecule has 0 aliphatic carbocycles. The number of nitrogens with zero attached hydrogens (tertiary/aromatic N) is 1. The van der Waals surface area contributed by atoms with Gasteiger partial charge in [-0.2, -0.15) is 5.26 Å². The van der Waals surface area contributed by atoms with Crippen molar-refractivity contribution in [3.8, 4) is 6.07 Å². The number of carbonyl (C=O) groups is 1. The van der Waals surface area contributed by atoms with Gasteiger partial charge in [-0.15, -0.1) is 0 Å². The van der Waals surface area contributed by atoms with E-state index in [0.29, 0.717) is 10.6 Å². The highest BCUT2D eigenvalue weighted by molar-refractivity contribution is 6.31. The number of hydrogen-bond donors (Lipinski definition) is 1. The van der Waals surface area contributed by atoms with E-state index in [-0.39, 0.29) is 12.3 Å². The minimum Gasteiger partial charge on any atom is -0.456 e. The fourth-order valence-corrected chi connectivity index (χ4v) is 1.60. The van der Waals surface area contributed by atoms with E-state index in [1.807, 2.05) is 12.1 Å². The predicted octanol–water partition coefficient (Wildman–Crippen LogP) is 2.90. The molecule has 0 radical (unpaired) electrons. The van der Waals surface area contributed by atoms with E-state index in [1.54, 1.807) is 18.2 Å². The number of benzene rings is 1. The lowest BCUT2D eigenvalue weighted by Gasteiger charge is -2.05. The van der Waals surface area contributed by atoms with Crippen molar-refractivity contribution >= 4 is 17.6 Å². The molecule has 0 spiro atoms. The van der Waals surface area contributed by atoms with Crippen molar-refractivity contribution in [3.63, 3.8) is 0 Å². The van der Waals surface area contributed by atoms with Gasteiger partial charge < -0.3 is 9.72 Å². The number of hydrogen-bond acceptors (Lipinski definition) is 3. The molecule has 0 unspecified atom stereocenters.